The molecule has 2 aromatic carbocycles. The van der Waals surface area contributed by atoms with Gasteiger partial charge >= 0.3 is 11.9 Å². The largest absolute Gasteiger partial charge is 0.504 e. The van der Waals surface area contributed by atoms with Crippen molar-refractivity contribution in [1.82, 2.24) is 0 Å². The molecule has 8 heteroatoms. The minimum absolute atomic E-state index is 0.157. The number of phenolic OH excluding ortho intramolecular Hbond substituents is 4. The van der Waals surface area contributed by atoms with Gasteiger partial charge in [-0.25, -0.2) is 9.59 Å². The Morgan fingerprint density at radius 2 is 1.07 bits per heavy atom. The first-order valence-electron chi connectivity index (χ1n) is 9.09. The van der Waals surface area contributed by atoms with Gasteiger partial charge in [-0.2, -0.15) is 0 Å². The summed E-state index contributed by atoms with van der Waals surface area (Å²) in [5.74, 6) is -2.16. The average Bonchev–Trinajstić information content (AvgIpc) is 2.72. The quantitative estimate of drug-likeness (QED) is 0.213. The molecule has 8 nitrogen and oxygen atoms in total. The number of rotatable bonds is 9. The Bertz CT molecular complexity index is 869. The van der Waals surface area contributed by atoms with Crippen molar-refractivity contribution in [2.45, 2.75) is 12.8 Å². The fraction of sp³-hybridized carbons (Fsp3) is 0.182. The highest BCUT2D eigenvalue weighted by atomic mass is 16.5. The summed E-state index contributed by atoms with van der Waals surface area (Å²) in [6.45, 7) is 0.314. The Hall–Kier alpha value is -3.94. The Morgan fingerprint density at radius 1 is 0.667 bits per heavy atom. The minimum atomic E-state index is -0.556. The molecule has 2 aromatic rings. The van der Waals surface area contributed by atoms with Crippen molar-refractivity contribution in [2.24, 2.45) is 0 Å². The summed E-state index contributed by atoms with van der Waals surface area (Å²) < 4.78 is 10.0. The van der Waals surface area contributed by atoms with E-state index in [0.29, 0.717) is 24.0 Å². The number of unbranched alkanes of at least 4 members (excludes halogenated alkanes) is 1. The number of hydrogen-bond donors (Lipinski definition) is 4. The number of hydrogen-bond acceptors (Lipinski definition) is 8. The summed E-state index contributed by atoms with van der Waals surface area (Å²) in [6, 6.07) is 8.31. The summed E-state index contributed by atoms with van der Waals surface area (Å²) in [5.41, 5.74) is 1.06. The molecule has 0 aliphatic rings. The minimum Gasteiger partial charge on any atom is -0.504 e. The SMILES string of the molecule is O=C(/C=C/c1ccc(O)c(O)c1)OCCCCOC(=O)/C=C/c1ccc(O)c(O)c1. The number of esters is 2. The third kappa shape index (κ3) is 7.59. The molecule has 0 aliphatic carbocycles. The van der Waals surface area contributed by atoms with Crippen molar-refractivity contribution in [3.63, 3.8) is 0 Å². The van der Waals surface area contributed by atoms with Gasteiger partial charge in [0.2, 0.25) is 0 Å². The zero-order valence-electron chi connectivity index (χ0n) is 16.0. The molecule has 0 bridgehead atoms. The number of carbonyl (C=O) groups is 2. The molecule has 0 unspecified atom stereocenters. The molecule has 0 radical (unpaired) electrons. The highest BCUT2D eigenvalue weighted by molar-refractivity contribution is 5.87. The molecule has 0 saturated heterocycles. The first-order chi connectivity index (χ1) is 14.3. The van der Waals surface area contributed by atoms with E-state index in [1.54, 1.807) is 0 Å². The van der Waals surface area contributed by atoms with Crippen molar-refractivity contribution in [3.8, 4) is 23.0 Å². The third-order valence-corrected chi connectivity index (χ3v) is 3.85. The fourth-order valence-electron chi connectivity index (χ4n) is 2.26. The van der Waals surface area contributed by atoms with E-state index in [9.17, 15) is 30.0 Å². The third-order valence-electron chi connectivity index (χ3n) is 3.85. The second kappa shape index (κ2) is 11.2. The Labute approximate surface area is 172 Å². The van der Waals surface area contributed by atoms with E-state index in [0.717, 1.165) is 0 Å². The molecule has 0 aromatic heterocycles. The van der Waals surface area contributed by atoms with E-state index in [2.05, 4.69) is 0 Å². The van der Waals surface area contributed by atoms with Crippen LogP contribution in [0.15, 0.2) is 48.6 Å². The first-order valence-corrected chi connectivity index (χ1v) is 9.09. The number of benzene rings is 2. The zero-order valence-corrected chi connectivity index (χ0v) is 16.0. The van der Waals surface area contributed by atoms with Gasteiger partial charge in [0.1, 0.15) is 0 Å². The van der Waals surface area contributed by atoms with Gasteiger partial charge in [-0.3, -0.25) is 0 Å². The highest BCUT2D eigenvalue weighted by Gasteiger charge is 2.02. The molecule has 0 saturated carbocycles. The summed E-state index contributed by atoms with van der Waals surface area (Å²) in [5, 5.41) is 37.2. The van der Waals surface area contributed by atoms with Crippen LogP contribution in [0.5, 0.6) is 23.0 Å². The van der Waals surface area contributed by atoms with E-state index in [1.807, 2.05) is 0 Å². The number of carbonyl (C=O) groups excluding carboxylic acids is 2. The van der Waals surface area contributed by atoms with Crippen molar-refractivity contribution in [3.05, 3.63) is 59.7 Å². The van der Waals surface area contributed by atoms with Gasteiger partial charge in [-0.05, 0) is 60.4 Å². The molecule has 0 amide bonds. The van der Waals surface area contributed by atoms with Crippen LogP contribution in [0, 0.1) is 0 Å². The van der Waals surface area contributed by atoms with Crippen LogP contribution in [0.3, 0.4) is 0 Å². The van der Waals surface area contributed by atoms with Gasteiger partial charge in [0.15, 0.2) is 23.0 Å². The van der Waals surface area contributed by atoms with Crippen LogP contribution in [-0.4, -0.2) is 45.6 Å². The average molecular weight is 414 g/mol. The van der Waals surface area contributed by atoms with Crippen molar-refractivity contribution in [2.75, 3.05) is 13.2 Å². The van der Waals surface area contributed by atoms with Gasteiger partial charge in [-0.1, -0.05) is 12.1 Å². The number of aromatic hydroxyl groups is 4. The Balaban J connectivity index is 1.60. The van der Waals surface area contributed by atoms with Gasteiger partial charge in [0.05, 0.1) is 13.2 Å². The lowest BCUT2D eigenvalue weighted by Gasteiger charge is -2.03. The molecule has 30 heavy (non-hydrogen) atoms. The maximum Gasteiger partial charge on any atom is 0.330 e. The summed E-state index contributed by atoms with van der Waals surface area (Å²) >= 11 is 0. The molecule has 0 aliphatic heterocycles. The summed E-state index contributed by atoms with van der Waals surface area (Å²) in [6.07, 6.45) is 6.31. The van der Waals surface area contributed by atoms with E-state index in [4.69, 9.17) is 9.47 Å². The van der Waals surface area contributed by atoms with Gasteiger partial charge in [0, 0.05) is 12.2 Å². The van der Waals surface area contributed by atoms with Crippen molar-refractivity contribution < 1.29 is 39.5 Å². The molecule has 0 atom stereocenters. The van der Waals surface area contributed by atoms with E-state index >= 15 is 0 Å². The maximum atomic E-state index is 11.6. The van der Waals surface area contributed by atoms with Gasteiger partial charge in [0.25, 0.3) is 0 Å². The maximum absolute atomic E-state index is 11.6. The Morgan fingerprint density at radius 3 is 1.43 bits per heavy atom. The number of phenols is 4. The van der Waals surface area contributed by atoms with Crippen LogP contribution in [0.2, 0.25) is 0 Å². The lowest BCUT2D eigenvalue weighted by Crippen LogP contribution is -2.06. The standard InChI is InChI=1S/C22H22O8/c23-17-7-3-15(13-19(17)25)5-9-21(27)29-11-1-2-12-30-22(28)10-6-16-4-8-18(24)20(26)14-16/h3-10,13-14,23-26H,1-2,11-12H2/b9-5+,10-6+. The molecular formula is C22H22O8. The predicted molar refractivity (Wildman–Crippen MR) is 109 cm³/mol. The summed E-state index contributed by atoms with van der Waals surface area (Å²) in [7, 11) is 0. The normalized spacial score (nSPS) is 11.1. The zero-order chi connectivity index (χ0) is 21.9. The molecule has 0 fully saturated rings. The van der Waals surface area contributed by atoms with Crippen LogP contribution in [0.1, 0.15) is 24.0 Å². The van der Waals surface area contributed by atoms with Crippen LogP contribution in [-0.2, 0) is 19.1 Å². The fourth-order valence-corrected chi connectivity index (χ4v) is 2.26. The highest BCUT2D eigenvalue weighted by Crippen LogP contribution is 2.26. The van der Waals surface area contributed by atoms with Crippen LogP contribution in [0.25, 0.3) is 12.2 Å². The molecule has 0 spiro atoms. The molecular weight excluding hydrogens is 392 g/mol. The molecule has 2 rings (SSSR count). The first kappa shape index (κ1) is 22.4. The molecule has 0 heterocycles. The van der Waals surface area contributed by atoms with E-state index in [-0.39, 0.29) is 36.2 Å². The van der Waals surface area contributed by atoms with Gasteiger partial charge in [-0.15, -0.1) is 0 Å². The second-order valence-corrected chi connectivity index (χ2v) is 6.21. The lowest BCUT2D eigenvalue weighted by molar-refractivity contribution is -0.140. The molecule has 158 valence electrons. The Kier molecular flexibility index (Phi) is 8.31. The number of ether oxygens (including phenoxy) is 2. The second-order valence-electron chi connectivity index (χ2n) is 6.21. The van der Waals surface area contributed by atoms with Crippen LogP contribution >= 0.6 is 0 Å². The lowest BCUT2D eigenvalue weighted by atomic mass is 10.2. The topological polar surface area (TPSA) is 134 Å². The monoisotopic (exact) mass is 414 g/mol. The smallest absolute Gasteiger partial charge is 0.330 e. The van der Waals surface area contributed by atoms with Gasteiger partial charge < -0.3 is 29.9 Å². The van der Waals surface area contributed by atoms with E-state index in [1.165, 1.54) is 60.7 Å². The van der Waals surface area contributed by atoms with Crippen molar-refractivity contribution in [1.29, 1.82) is 0 Å². The van der Waals surface area contributed by atoms with Crippen LogP contribution in [0.4, 0.5) is 0 Å². The van der Waals surface area contributed by atoms with Crippen LogP contribution < -0.4 is 0 Å². The summed E-state index contributed by atoms with van der Waals surface area (Å²) in [4.78, 5) is 23.3. The van der Waals surface area contributed by atoms with Crippen molar-refractivity contribution >= 4 is 24.1 Å². The van der Waals surface area contributed by atoms with E-state index < -0.39 is 11.9 Å². The predicted octanol–water partition coefficient (Wildman–Crippen LogP) is 3.10. The molecule has 4 N–H and O–H groups in total.